The largest absolute Gasteiger partial charge is 0.378 e. The van der Waals surface area contributed by atoms with E-state index in [2.05, 4.69) is 19.8 Å². The number of morpholine rings is 1. The van der Waals surface area contributed by atoms with Gasteiger partial charge in [0.15, 0.2) is 0 Å². The number of nitrogens with zero attached hydrogens (tertiary/aromatic N) is 7. The summed E-state index contributed by atoms with van der Waals surface area (Å²) in [7, 11) is 1.89. The summed E-state index contributed by atoms with van der Waals surface area (Å²) < 4.78 is 5.51. The molecule has 3 aliphatic rings. The third-order valence-electron chi connectivity index (χ3n) is 6.66. The molecule has 10 nitrogen and oxygen atoms in total. The number of carbonyl (C=O) groups is 1. The molecule has 0 radical (unpaired) electrons. The Morgan fingerprint density at radius 1 is 1.16 bits per heavy atom. The normalized spacial score (nSPS) is 22.8. The number of hydrogen-bond donors (Lipinski definition) is 1. The van der Waals surface area contributed by atoms with Crippen LogP contribution in [-0.4, -0.2) is 82.7 Å². The van der Waals surface area contributed by atoms with Gasteiger partial charge in [0, 0.05) is 69.2 Å². The van der Waals surface area contributed by atoms with Crippen LogP contribution in [0.15, 0.2) is 12.4 Å². The zero-order chi connectivity index (χ0) is 21.5. The second kappa shape index (κ2) is 7.92. The van der Waals surface area contributed by atoms with E-state index in [0.717, 1.165) is 67.5 Å². The first kappa shape index (κ1) is 19.9. The molecule has 2 aromatic heterocycles. The minimum absolute atomic E-state index is 0.118. The maximum absolute atomic E-state index is 11.7. The predicted octanol–water partition coefficient (Wildman–Crippen LogP) is 0.724. The molecule has 0 atom stereocenters. The van der Waals surface area contributed by atoms with Crippen LogP contribution in [0.3, 0.4) is 0 Å². The number of aromatic nitrogens is 4. The summed E-state index contributed by atoms with van der Waals surface area (Å²) >= 11 is 0. The molecule has 0 bridgehead atoms. The molecule has 0 aromatic carbocycles. The van der Waals surface area contributed by atoms with Crippen molar-refractivity contribution in [2.75, 3.05) is 55.4 Å². The van der Waals surface area contributed by atoms with Crippen LogP contribution in [0.1, 0.15) is 25.3 Å². The van der Waals surface area contributed by atoms with Crippen molar-refractivity contribution >= 4 is 23.6 Å². The van der Waals surface area contributed by atoms with Crippen molar-refractivity contribution in [3.05, 3.63) is 18.0 Å². The van der Waals surface area contributed by atoms with Gasteiger partial charge in [-0.2, -0.15) is 4.98 Å². The van der Waals surface area contributed by atoms with Gasteiger partial charge in [0.05, 0.1) is 18.9 Å². The number of rotatable bonds is 4. The number of amides is 1. The number of anilines is 3. The average Bonchev–Trinajstić information content (AvgIpc) is 3.17. The van der Waals surface area contributed by atoms with E-state index in [-0.39, 0.29) is 11.9 Å². The van der Waals surface area contributed by atoms with E-state index in [1.54, 1.807) is 19.3 Å². The topological polar surface area (TPSA) is 114 Å². The number of nitrogen functional groups attached to an aromatic ring is 1. The molecule has 164 valence electrons. The van der Waals surface area contributed by atoms with Gasteiger partial charge in [0.2, 0.25) is 17.8 Å². The predicted molar refractivity (Wildman–Crippen MR) is 117 cm³/mol. The Labute approximate surface area is 181 Å². The lowest BCUT2D eigenvalue weighted by atomic mass is 9.84. The Hall–Kier alpha value is -3.01. The first-order valence-electron chi connectivity index (χ1n) is 10.8. The second-order valence-corrected chi connectivity index (χ2v) is 8.46. The highest BCUT2D eigenvalue weighted by atomic mass is 16.5. The van der Waals surface area contributed by atoms with Gasteiger partial charge in [-0.25, -0.2) is 15.0 Å². The lowest BCUT2D eigenvalue weighted by Crippen LogP contribution is -2.54. The third-order valence-corrected chi connectivity index (χ3v) is 6.66. The van der Waals surface area contributed by atoms with E-state index >= 15 is 0 Å². The molecule has 2 aromatic rings. The van der Waals surface area contributed by atoms with Crippen molar-refractivity contribution in [3.63, 3.8) is 0 Å². The highest BCUT2D eigenvalue weighted by Gasteiger charge is 2.41. The fourth-order valence-corrected chi connectivity index (χ4v) is 4.61. The Morgan fingerprint density at radius 3 is 2.55 bits per heavy atom. The standard InChI is InChI=1S/C21H28N8O2/c1-13(30)27(2)15-9-16(10-15)29-4-3-17-18(14-11-23-20(22)24-12-14)25-21(26-19(17)29)28-5-7-31-8-6-28/h11-12,15-16H,3-10H2,1-2H3,(H2,22,23,24)/t15-,16-. The number of fused-ring (bicyclic) bond motifs is 1. The molecule has 31 heavy (non-hydrogen) atoms. The number of hydrogen-bond acceptors (Lipinski definition) is 9. The van der Waals surface area contributed by atoms with E-state index < -0.39 is 0 Å². The average molecular weight is 425 g/mol. The van der Waals surface area contributed by atoms with Gasteiger partial charge in [0.1, 0.15) is 5.82 Å². The quantitative estimate of drug-likeness (QED) is 0.758. The smallest absolute Gasteiger partial charge is 0.228 e. The maximum Gasteiger partial charge on any atom is 0.228 e. The van der Waals surface area contributed by atoms with Gasteiger partial charge in [-0.3, -0.25) is 4.79 Å². The maximum atomic E-state index is 11.7. The summed E-state index contributed by atoms with van der Waals surface area (Å²) in [6.45, 7) is 5.41. The molecular weight excluding hydrogens is 396 g/mol. The van der Waals surface area contributed by atoms with Gasteiger partial charge >= 0.3 is 0 Å². The zero-order valence-corrected chi connectivity index (χ0v) is 18.0. The lowest BCUT2D eigenvalue weighted by Gasteiger charge is -2.45. The zero-order valence-electron chi connectivity index (χ0n) is 18.0. The van der Waals surface area contributed by atoms with Crippen LogP contribution >= 0.6 is 0 Å². The van der Waals surface area contributed by atoms with E-state index in [1.807, 2.05) is 11.9 Å². The Morgan fingerprint density at radius 2 is 1.87 bits per heavy atom. The van der Waals surface area contributed by atoms with Crippen molar-refractivity contribution in [2.24, 2.45) is 0 Å². The summed E-state index contributed by atoms with van der Waals surface area (Å²) in [6, 6.07) is 0.688. The van der Waals surface area contributed by atoms with Crippen molar-refractivity contribution in [2.45, 2.75) is 38.3 Å². The second-order valence-electron chi connectivity index (χ2n) is 8.46. The molecule has 2 fully saturated rings. The van der Waals surface area contributed by atoms with Crippen LogP contribution in [0.4, 0.5) is 17.7 Å². The van der Waals surface area contributed by atoms with E-state index in [0.29, 0.717) is 25.3 Å². The monoisotopic (exact) mass is 424 g/mol. The molecule has 1 aliphatic carbocycles. The minimum atomic E-state index is 0.118. The lowest BCUT2D eigenvalue weighted by molar-refractivity contribution is -0.131. The molecule has 0 unspecified atom stereocenters. The van der Waals surface area contributed by atoms with Crippen LogP contribution in [0.2, 0.25) is 0 Å². The van der Waals surface area contributed by atoms with Crippen LogP contribution in [-0.2, 0) is 16.0 Å². The molecule has 1 saturated heterocycles. The van der Waals surface area contributed by atoms with Crippen molar-refractivity contribution in [1.29, 1.82) is 0 Å². The fraction of sp³-hybridized carbons (Fsp3) is 0.571. The number of nitrogens with two attached hydrogens (primary N) is 1. The Balaban J connectivity index is 1.48. The molecule has 10 heteroatoms. The molecule has 0 spiro atoms. The summed E-state index contributed by atoms with van der Waals surface area (Å²) in [5, 5.41) is 0. The van der Waals surface area contributed by atoms with Gasteiger partial charge in [0.25, 0.3) is 0 Å². The van der Waals surface area contributed by atoms with E-state index in [1.165, 1.54) is 0 Å². The number of ether oxygens (including phenoxy) is 1. The first-order valence-corrected chi connectivity index (χ1v) is 10.8. The van der Waals surface area contributed by atoms with E-state index in [4.69, 9.17) is 20.4 Å². The van der Waals surface area contributed by atoms with Crippen LogP contribution in [0.25, 0.3) is 11.3 Å². The molecule has 1 amide bonds. The first-order chi connectivity index (χ1) is 15.0. The molecule has 4 heterocycles. The van der Waals surface area contributed by atoms with Gasteiger partial charge in [-0.1, -0.05) is 0 Å². The van der Waals surface area contributed by atoms with Crippen LogP contribution < -0.4 is 15.5 Å². The van der Waals surface area contributed by atoms with Crippen molar-refractivity contribution in [3.8, 4) is 11.3 Å². The van der Waals surface area contributed by atoms with E-state index in [9.17, 15) is 4.79 Å². The summed E-state index contributed by atoms with van der Waals surface area (Å²) in [6.07, 6.45) is 6.28. The van der Waals surface area contributed by atoms with Gasteiger partial charge in [-0.05, 0) is 19.3 Å². The Kier molecular flexibility index (Phi) is 5.09. The Bertz CT molecular complexity index is 970. The van der Waals surface area contributed by atoms with Crippen molar-refractivity contribution in [1.82, 2.24) is 24.8 Å². The fourth-order valence-electron chi connectivity index (χ4n) is 4.61. The number of carbonyl (C=O) groups excluding carboxylic acids is 1. The van der Waals surface area contributed by atoms with Crippen LogP contribution in [0, 0.1) is 0 Å². The summed E-state index contributed by atoms with van der Waals surface area (Å²) in [4.78, 5) is 36.4. The molecular formula is C21H28N8O2. The van der Waals surface area contributed by atoms with Crippen molar-refractivity contribution < 1.29 is 9.53 Å². The van der Waals surface area contributed by atoms with Gasteiger partial charge in [-0.15, -0.1) is 0 Å². The summed E-state index contributed by atoms with van der Waals surface area (Å²) in [5.74, 6) is 2.09. The minimum Gasteiger partial charge on any atom is -0.378 e. The molecule has 1 saturated carbocycles. The summed E-state index contributed by atoms with van der Waals surface area (Å²) in [5.41, 5.74) is 8.56. The molecule has 5 rings (SSSR count). The van der Waals surface area contributed by atoms with Crippen LogP contribution in [0.5, 0.6) is 0 Å². The highest BCUT2D eigenvalue weighted by Crippen LogP contribution is 2.40. The molecule has 2 aliphatic heterocycles. The van der Waals surface area contributed by atoms with Gasteiger partial charge < -0.3 is 25.2 Å². The SMILES string of the molecule is CC(=O)N(C)[C@H]1C[C@H](N2CCc3c(-c4cnc(N)nc4)nc(N4CCOCC4)nc32)C1. The molecule has 2 N–H and O–H groups in total. The third kappa shape index (κ3) is 3.65. The highest BCUT2D eigenvalue weighted by molar-refractivity contribution is 5.74.